The van der Waals surface area contributed by atoms with Gasteiger partial charge in [0.1, 0.15) is 11.8 Å². The van der Waals surface area contributed by atoms with E-state index in [-0.39, 0.29) is 0 Å². The molecule has 2 aromatic rings. The number of nitrogens with one attached hydrogen (secondary N) is 2. The first-order valence-corrected chi connectivity index (χ1v) is 6.62. The van der Waals surface area contributed by atoms with Crippen molar-refractivity contribution in [2.24, 2.45) is 0 Å². The van der Waals surface area contributed by atoms with Crippen molar-refractivity contribution in [2.45, 2.75) is 31.8 Å². The van der Waals surface area contributed by atoms with E-state index in [9.17, 15) is 9.90 Å². The molecule has 0 saturated heterocycles. The number of carboxylic acid groups (broad SMARTS) is 1. The molecule has 106 valence electrons. The van der Waals surface area contributed by atoms with E-state index in [0.717, 1.165) is 27.9 Å². The van der Waals surface area contributed by atoms with Gasteiger partial charge in [-0.1, -0.05) is 0 Å². The van der Waals surface area contributed by atoms with Crippen molar-refractivity contribution in [2.75, 3.05) is 7.11 Å². The zero-order chi connectivity index (χ0) is 14.5. The number of aromatic amines is 1. The first-order chi connectivity index (χ1) is 9.42. The number of carbonyl (C=O) groups is 1. The average Bonchev–Trinajstić information content (AvgIpc) is 2.76. The minimum Gasteiger partial charge on any atom is -0.497 e. The Bertz CT molecular complexity index is 688. The maximum absolute atomic E-state index is 11.3. The summed E-state index contributed by atoms with van der Waals surface area (Å²) in [7, 11) is 1.63. The van der Waals surface area contributed by atoms with Crippen molar-refractivity contribution in [3.63, 3.8) is 0 Å². The molecule has 1 aromatic heterocycles. The first-order valence-electron chi connectivity index (χ1n) is 6.62. The minimum atomic E-state index is -0.813. The molecule has 1 atom stereocenters. The second-order valence-corrected chi connectivity index (χ2v) is 5.75. The number of hydrogen-bond acceptors (Lipinski definition) is 3. The fourth-order valence-corrected chi connectivity index (χ4v) is 3.02. The molecule has 3 N–H and O–H groups in total. The fourth-order valence-electron chi connectivity index (χ4n) is 3.02. The number of methoxy groups -OCH3 is 1. The Morgan fingerprint density at radius 2 is 2.20 bits per heavy atom. The van der Waals surface area contributed by atoms with E-state index < -0.39 is 17.6 Å². The van der Waals surface area contributed by atoms with E-state index in [1.165, 1.54) is 0 Å². The molecular weight excluding hydrogens is 256 g/mol. The number of H-pyrrole nitrogens is 1. The molecule has 5 heteroatoms. The van der Waals surface area contributed by atoms with Gasteiger partial charge >= 0.3 is 5.97 Å². The SMILES string of the molecule is COc1ccc2c3c([nH]c2c1)C(C)(C)NC(C(=O)O)C3. The van der Waals surface area contributed by atoms with Crippen molar-refractivity contribution in [1.82, 2.24) is 10.3 Å². The number of aromatic nitrogens is 1. The Kier molecular flexibility index (Phi) is 2.76. The second kappa shape index (κ2) is 4.24. The minimum absolute atomic E-state index is 0.400. The zero-order valence-corrected chi connectivity index (χ0v) is 11.8. The smallest absolute Gasteiger partial charge is 0.321 e. The van der Waals surface area contributed by atoms with Gasteiger partial charge in [-0.25, -0.2) is 0 Å². The highest BCUT2D eigenvalue weighted by atomic mass is 16.5. The third-order valence-corrected chi connectivity index (χ3v) is 3.98. The summed E-state index contributed by atoms with van der Waals surface area (Å²) < 4.78 is 5.24. The highest BCUT2D eigenvalue weighted by Gasteiger charge is 2.37. The van der Waals surface area contributed by atoms with Crippen LogP contribution in [0.5, 0.6) is 5.75 Å². The van der Waals surface area contributed by atoms with Crippen molar-refractivity contribution in [3.8, 4) is 5.75 Å². The van der Waals surface area contributed by atoms with Gasteiger partial charge in [-0.15, -0.1) is 0 Å². The van der Waals surface area contributed by atoms with Gasteiger partial charge in [-0.05, 0) is 31.5 Å². The Morgan fingerprint density at radius 1 is 1.45 bits per heavy atom. The number of aliphatic carboxylic acids is 1. The molecule has 1 aliphatic rings. The lowest BCUT2D eigenvalue weighted by atomic mass is 9.86. The van der Waals surface area contributed by atoms with E-state index in [2.05, 4.69) is 10.3 Å². The molecule has 0 spiro atoms. The van der Waals surface area contributed by atoms with Crippen LogP contribution in [0.4, 0.5) is 0 Å². The summed E-state index contributed by atoms with van der Waals surface area (Å²) in [5.41, 5.74) is 2.72. The van der Waals surface area contributed by atoms with Crippen molar-refractivity contribution < 1.29 is 14.6 Å². The Balaban J connectivity index is 2.19. The van der Waals surface area contributed by atoms with Crippen LogP contribution >= 0.6 is 0 Å². The van der Waals surface area contributed by atoms with Crippen LogP contribution in [0.2, 0.25) is 0 Å². The van der Waals surface area contributed by atoms with Crippen molar-refractivity contribution in [3.05, 3.63) is 29.5 Å². The molecule has 0 bridgehead atoms. The highest BCUT2D eigenvalue weighted by molar-refractivity contribution is 5.88. The summed E-state index contributed by atoms with van der Waals surface area (Å²) >= 11 is 0. The van der Waals surface area contributed by atoms with Crippen molar-refractivity contribution in [1.29, 1.82) is 0 Å². The molecular formula is C15H18N2O3. The summed E-state index contributed by atoms with van der Waals surface area (Å²) in [6, 6.07) is 5.28. The Hall–Kier alpha value is -2.01. The van der Waals surface area contributed by atoms with Crippen LogP contribution in [0.15, 0.2) is 18.2 Å². The van der Waals surface area contributed by atoms with Gasteiger partial charge in [-0.3, -0.25) is 10.1 Å². The third-order valence-electron chi connectivity index (χ3n) is 3.98. The Labute approximate surface area is 116 Å². The van der Waals surface area contributed by atoms with Gasteiger partial charge < -0.3 is 14.8 Å². The predicted octanol–water partition coefficient (Wildman–Crippen LogP) is 2.01. The lowest BCUT2D eigenvalue weighted by molar-refractivity contribution is -0.140. The molecule has 1 aliphatic heterocycles. The average molecular weight is 274 g/mol. The first kappa shape index (κ1) is 13.0. The molecule has 1 unspecified atom stereocenters. The van der Waals surface area contributed by atoms with Gasteiger partial charge in [0.05, 0.1) is 12.6 Å². The van der Waals surface area contributed by atoms with Crippen LogP contribution < -0.4 is 10.1 Å². The zero-order valence-electron chi connectivity index (χ0n) is 11.8. The molecule has 0 amide bonds. The standard InChI is InChI=1S/C15H18N2O3/c1-15(2)13-10(7-12(17-15)14(18)19)9-5-4-8(20-3)6-11(9)16-13/h4-6,12,16-17H,7H2,1-3H3,(H,18,19). The quantitative estimate of drug-likeness (QED) is 0.783. The lowest BCUT2D eigenvalue weighted by Gasteiger charge is -2.35. The lowest BCUT2D eigenvalue weighted by Crippen LogP contribution is -2.52. The van der Waals surface area contributed by atoms with Crippen LogP contribution in [0, 0.1) is 0 Å². The number of fused-ring (bicyclic) bond motifs is 3. The van der Waals surface area contributed by atoms with E-state index >= 15 is 0 Å². The second-order valence-electron chi connectivity index (χ2n) is 5.75. The van der Waals surface area contributed by atoms with Crippen LogP contribution in [0.1, 0.15) is 25.1 Å². The van der Waals surface area contributed by atoms with Gasteiger partial charge in [-0.2, -0.15) is 0 Å². The van der Waals surface area contributed by atoms with Gasteiger partial charge in [0.2, 0.25) is 0 Å². The summed E-state index contributed by atoms with van der Waals surface area (Å²) in [4.78, 5) is 14.7. The van der Waals surface area contributed by atoms with E-state index in [0.29, 0.717) is 6.42 Å². The number of benzene rings is 1. The maximum atomic E-state index is 11.3. The van der Waals surface area contributed by atoms with Crippen LogP contribution in [0.3, 0.4) is 0 Å². The van der Waals surface area contributed by atoms with Gasteiger partial charge in [0, 0.05) is 29.1 Å². The highest BCUT2D eigenvalue weighted by Crippen LogP contribution is 2.36. The summed E-state index contributed by atoms with van der Waals surface area (Å²) in [6.07, 6.45) is 0.487. The molecule has 5 nitrogen and oxygen atoms in total. The number of ether oxygens (including phenoxy) is 1. The molecule has 20 heavy (non-hydrogen) atoms. The maximum Gasteiger partial charge on any atom is 0.321 e. The largest absolute Gasteiger partial charge is 0.497 e. The van der Waals surface area contributed by atoms with Crippen molar-refractivity contribution >= 4 is 16.9 Å². The number of carboxylic acids is 1. The number of rotatable bonds is 2. The summed E-state index contributed by atoms with van der Waals surface area (Å²) in [5.74, 6) is -0.0248. The molecule has 0 aliphatic carbocycles. The third kappa shape index (κ3) is 1.86. The van der Waals surface area contributed by atoms with Crippen LogP contribution in [-0.4, -0.2) is 29.2 Å². The van der Waals surface area contributed by atoms with Gasteiger partial charge in [0.15, 0.2) is 0 Å². The number of hydrogen-bond donors (Lipinski definition) is 3. The summed E-state index contributed by atoms with van der Waals surface area (Å²) in [5, 5.41) is 13.5. The van der Waals surface area contributed by atoms with E-state index in [1.807, 2.05) is 32.0 Å². The van der Waals surface area contributed by atoms with Crippen LogP contribution in [0.25, 0.3) is 10.9 Å². The van der Waals surface area contributed by atoms with E-state index in [1.54, 1.807) is 7.11 Å². The molecule has 0 radical (unpaired) electrons. The molecule has 0 saturated carbocycles. The molecule has 0 fully saturated rings. The summed E-state index contributed by atoms with van der Waals surface area (Å²) in [6.45, 7) is 3.99. The molecule has 3 rings (SSSR count). The monoisotopic (exact) mass is 274 g/mol. The molecule has 1 aromatic carbocycles. The fraction of sp³-hybridized carbons (Fsp3) is 0.400. The van der Waals surface area contributed by atoms with Crippen LogP contribution in [-0.2, 0) is 16.8 Å². The van der Waals surface area contributed by atoms with Gasteiger partial charge in [0.25, 0.3) is 0 Å². The van der Waals surface area contributed by atoms with E-state index in [4.69, 9.17) is 4.74 Å². The molecule has 2 heterocycles. The Morgan fingerprint density at radius 3 is 2.85 bits per heavy atom. The topological polar surface area (TPSA) is 74.3 Å². The predicted molar refractivity (Wildman–Crippen MR) is 76.1 cm³/mol. The normalized spacial score (nSPS) is 20.6.